The molecule has 22 heavy (non-hydrogen) atoms. The Kier molecular flexibility index (Phi) is 5.41. The quantitative estimate of drug-likeness (QED) is 0.878. The lowest BCUT2D eigenvalue weighted by Crippen LogP contribution is -2.42. The summed E-state index contributed by atoms with van der Waals surface area (Å²) in [5.41, 5.74) is 1.12. The number of rotatable bonds is 5. The molecular weight excluding hydrogens is 325 g/mol. The van der Waals surface area contributed by atoms with Gasteiger partial charge in [-0.2, -0.15) is 0 Å². The van der Waals surface area contributed by atoms with E-state index in [1.165, 1.54) is 0 Å². The highest BCUT2D eigenvalue weighted by Crippen LogP contribution is 2.12. The molecule has 0 aliphatic heterocycles. The fourth-order valence-electron chi connectivity index (χ4n) is 1.90. The van der Waals surface area contributed by atoms with E-state index in [4.69, 9.17) is 23.2 Å². The fourth-order valence-corrected chi connectivity index (χ4v) is 2.15. The summed E-state index contributed by atoms with van der Waals surface area (Å²) < 4.78 is 0. The van der Waals surface area contributed by atoms with Crippen molar-refractivity contribution in [1.82, 2.24) is 5.32 Å². The molecule has 6 heteroatoms. The molecule has 0 aliphatic rings. The molecule has 0 bridgehead atoms. The molecule has 0 spiro atoms. The van der Waals surface area contributed by atoms with Crippen LogP contribution in [-0.2, 0) is 11.2 Å². The normalized spacial score (nSPS) is 11.7. The number of carbonyl (C=O) groups is 2. The second-order valence-electron chi connectivity index (χ2n) is 4.70. The van der Waals surface area contributed by atoms with Crippen LogP contribution in [0.1, 0.15) is 15.9 Å². The second-order valence-corrected chi connectivity index (χ2v) is 5.57. The van der Waals surface area contributed by atoms with Gasteiger partial charge in [-0.05, 0) is 42.0 Å². The summed E-state index contributed by atoms with van der Waals surface area (Å²) in [6, 6.07) is 12.0. The third kappa shape index (κ3) is 4.48. The van der Waals surface area contributed by atoms with Gasteiger partial charge in [0.2, 0.25) is 0 Å². The lowest BCUT2D eigenvalue weighted by molar-refractivity contribution is -0.139. The van der Waals surface area contributed by atoms with Crippen LogP contribution in [-0.4, -0.2) is 23.0 Å². The minimum Gasteiger partial charge on any atom is -0.480 e. The average molecular weight is 338 g/mol. The lowest BCUT2D eigenvalue weighted by atomic mass is 10.1. The number of amides is 1. The number of halogens is 2. The summed E-state index contributed by atoms with van der Waals surface area (Å²) in [6.07, 6.45) is 0.172. The number of hydrogen-bond donors (Lipinski definition) is 2. The number of hydrogen-bond acceptors (Lipinski definition) is 2. The van der Waals surface area contributed by atoms with Gasteiger partial charge >= 0.3 is 5.97 Å². The van der Waals surface area contributed by atoms with Crippen LogP contribution in [0.5, 0.6) is 0 Å². The highest BCUT2D eigenvalue weighted by atomic mass is 35.5. The molecule has 2 N–H and O–H groups in total. The molecule has 114 valence electrons. The minimum absolute atomic E-state index is 0.172. The molecule has 0 radical (unpaired) electrons. The van der Waals surface area contributed by atoms with Gasteiger partial charge in [0.25, 0.3) is 5.91 Å². The van der Waals surface area contributed by atoms with E-state index in [1.54, 1.807) is 48.5 Å². The van der Waals surface area contributed by atoms with E-state index in [-0.39, 0.29) is 6.42 Å². The first kappa shape index (κ1) is 16.3. The summed E-state index contributed by atoms with van der Waals surface area (Å²) in [7, 11) is 0. The van der Waals surface area contributed by atoms with Crippen molar-refractivity contribution >= 4 is 35.1 Å². The van der Waals surface area contributed by atoms with Gasteiger partial charge in [-0.25, -0.2) is 4.79 Å². The maximum absolute atomic E-state index is 12.1. The molecule has 0 fully saturated rings. The first-order valence-electron chi connectivity index (χ1n) is 6.49. The summed E-state index contributed by atoms with van der Waals surface area (Å²) in [5.74, 6) is -1.56. The number of carboxylic acid groups (broad SMARTS) is 1. The predicted octanol–water partition coefficient (Wildman–Crippen LogP) is 3.42. The van der Waals surface area contributed by atoms with Gasteiger partial charge in [0.1, 0.15) is 6.04 Å². The highest BCUT2D eigenvalue weighted by molar-refractivity contribution is 6.30. The average Bonchev–Trinajstić information content (AvgIpc) is 2.49. The Morgan fingerprint density at radius 2 is 1.45 bits per heavy atom. The largest absolute Gasteiger partial charge is 0.480 e. The Labute approximate surface area is 137 Å². The number of aliphatic carboxylic acids is 1. The van der Waals surface area contributed by atoms with Crippen LogP contribution in [0.2, 0.25) is 10.0 Å². The molecule has 0 saturated heterocycles. The topological polar surface area (TPSA) is 66.4 Å². The third-order valence-electron chi connectivity index (χ3n) is 3.06. The van der Waals surface area contributed by atoms with E-state index in [2.05, 4.69) is 5.32 Å². The second kappa shape index (κ2) is 7.29. The molecule has 1 atom stereocenters. The van der Waals surface area contributed by atoms with Crippen molar-refractivity contribution in [3.8, 4) is 0 Å². The van der Waals surface area contributed by atoms with Crippen molar-refractivity contribution in [2.24, 2.45) is 0 Å². The Morgan fingerprint density at radius 1 is 0.955 bits per heavy atom. The lowest BCUT2D eigenvalue weighted by Gasteiger charge is -2.15. The Hall–Kier alpha value is -2.04. The first-order chi connectivity index (χ1) is 10.5. The summed E-state index contributed by atoms with van der Waals surface area (Å²) in [5, 5.41) is 12.8. The number of carboxylic acids is 1. The number of nitrogens with one attached hydrogen (secondary N) is 1. The summed E-state index contributed by atoms with van der Waals surface area (Å²) >= 11 is 11.5. The molecule has 2 rings (SSSR count). The van der Waals surface area contributed by atoms with Gasteiger partial charge in [0.05, 0.1) is 0 Å². The monoisotopic (exact) mass is 337 g/mol. The van der Waals surface area contributed by atoms with Gasteiger partial charge in [0.15, 0.2) is 0 Å². The molecule has 0 unspecified atom stereocenters. The molecule has 0 aliphatic carbocycles. The van der Waals surface area contributed by atoms with Crippen molar-refractivity contribution in [2.75, 3.05) is 0 Å². The maximum Gasteiger partial charge on any atom is 0.326 e. The van der Waals surface area contributed by atoms with Gasteiger partial charge in [-0.1, -0.05) is 35.3 Å². The smallest absolute Gasteiger partial charge is 0.326 e. The molecule has 1 amide bonds. The third-order valence-corrected chi connectivity index (χ3v) is 3.57. The fraction of sp³-hybridized carbons (Fsp3) is 0.125. The Bertz CT molecular complexity index is 669. The predicted molar refractivity (Wildman–Crippen MR) is 85.5 cm³/mol. The van der Waals surface area contributed by atoms with E-state index < -0.39 is 17.9 Å². The van der Waals surface area contributed by atoms with Gasteiger partial charge < -0.3 is 10.4 Å². The molecule has 0 saturated carbocycles. The van der Waals surface area contributed by atoms with E-state index in [0.29, 0.717) is 15.6 Å². The zero-order valence-corrected chi connectivity index (χ0v) is 12.9. The minimum atomic E-state index is -1.10. The van der Waals surface area contributed by atoms with Crippen LogP contribution >= 0.6 is 23.2 Å². The number of benzene rings is 2. The van der Waals surface area contributed by atoms with Crippen LogP contribution in [0.25, 0.3) is 0 Å². The highest BCUT2D eigenvalue weighted by Gasteiger charge is 2.21. The van der Waals surface area contributed by atoms with Crippen LogP contribution in [0.3, 0.4) is 0 Å². The van der Waals surface area contributed by atoms with Gasteiger partial charge in [-0.3, -0.25) is 4.79 Å². The van der Waals surface area contributed by atoms with Crippen molar-refractivity contribution in [2.45, 2.75) is 12.5 Å². The van der Waals surface area contributed by atoms with Crippen molar-refractivity contribution in [1.29, 1.82) is 0 Å². The first-order valence-corrected chi connectivity index (χ1v) is 7.25. The summed E-state index contributed by atoms with van der Waals surface area (Å²) in [6.45, 7) is 0. The van der Waals surface area contributed by atoms with Crippen LogP contribution in [0, 0.1) is 0 Å². The standard InChI is InChI=1S/C16H13Cl2NO3/c17-12-5-1-10(2-6-12)9-14(16(21)22)19-15(20)11-3-7-13(18)8-4-11/h1-8,14H,9H2,(H,19,20)(H,21,22)/t14-/m1/s1. The molecule has 4 nitrogen and oxygen atoms in total. The van der Waals surface area contributed by atoms with Gasteiger partial charge in [-0.15, -0.1) is 0 Å². The molecule has 2 aromatic carbocycles. The van der Waals surface area contributed by atoms with Crippen molar-refractivity contribution < 1.29 is 14.7 Å². The van der Waals surface area contributed by atoms with Crippen molar-refractivity contribution in [3.63, 3.8) is 0 Å². The molecular formula is C16H13Cl2NO3. The van der Waals surface area contributed by atoms with Crippen LogP contribution in [0.4, 0.5) is 0 Å². The van der Waals surface area contributed by atoms with E-state index in [9.17, 15) is 14.7 Å². The molecule has 0 aromatic heterocycles. The van der Waals surface area contributed by atoms with E-state index in [0.717, 1.165) is 5.56 Å². The SMILES string of the molecule is O=C(N[C@H](Cc1ccc(Cl)cc1)C(=O)O)c1ccc(Cl)cc1. The van der Waals surface area contributed by atoms with E-state index >= 15 is 0 Å². The van der Waals surface area contributed by atoms with E-state index in [1.807, 2.05) is 0 Å². The molecule has 0 heterocycles. The van der Waals surface area contributed by atoms with Crippen LogP contribution in [0.15, 0.2) is 48.5 Å². The Morgan fingerprint density at radius 3 is 1.95 bits per heavy atom. The zero-order chi connectivity index (χ0) is 16.1. The summed E-state index contributed by atoms with van der Waals surface area (Å²) in [4.78, 5) is 23.4. The maximum atomic E-state index is 12.1. The number of carbonyl (C=O) groups excluding carboxylic acids is 1. The van der Waals surface area contributed by atoms with Crippen molar-refractivity contribution in [3.05, 3.63) is 69.7 Å². The Balaban J connectivity index is 2.08. The van der Waals surface area contributed by atoms with Gasteiger partial charge in [0, 0.05) is 22.0 Å². The molecule has 2 aromatic rings. The zero-order valence-electron chi connectivity index (χ0n) is 11.4. The van der Waals surface area contributed by atoms with Crippen LogP contribution < -0.4 is 5.32 Å².